The van der Waals surface area contributed by atoms with E-state index in [2.05, 4.69) is 9.73 Å². The average molecular weight is 349 g/mol. The number of hydrogen-bond donors (Lipinski definition) is 1. The summed E-state index contributed by atoms with van der Waals surface area (Å²) in [7, 11) is 1.15. The molecule has 1 aliphatic rings. The van der Waals surface area contributed by atoms with E-state index in [0.29, 0.717) is 0 Å². The van der Waals surface area contributed by atoms with Crippen LogP contribution in [-0.2, 0) is 20.4 Å². The fraction of sp³-hybridized carbons (Fsp3) is 0.600. The molecule has 2 rings (SSSR count). The number of halogens is 3. The molecule has 2 heterocycles. The maximum Gasteiger partial charge on any atom is 0.450 e. The van der Waals surface area contributed by atoms with Crippen LogP contribution in [0.25, 0.3) is 0 Å². The second-order valence-corrected chi connectivity index (χ2v) is 6.22. The Morgan fingerprint density at radius 3 is 2.54 bits per heavy atom. The molecule has 1 fully saturated rings. The highest BCUT2D eigenvalue weighted by Gasteiger charge is 2.49. The standard InChI is InChI=1S/C15H18F3NO5/c1-13(2)8-14(5-7-24-13,12(21)22-3)19-11(20)9-4-6-23-10(9)15(16,17)18/h4,6H,5,7-8H2,1-3H3,(H,19,20). The first-order chi connectivity index (χ1) is 11.0. The van der Waals surface area contributed by atoms with E-state index in [4.69, 9.17) is 9.47 Å². The van der Waals surface area contributed by atoms with Crippen molar-refractivity contribution in [1.29, 1.82) is 0 Å². The third-order valence-electron chi connectivity index (χ3n) is 3.85. The first-order valence-corrected chi connectivity index (χ1v) is 7.20. The molecular weight excluding hydrogens is 331 g/mol. The molecule has 1 aromatic heterocycles. The van der Waals surface area contributed by atoms with Crippen LogP contribution < -0.4 is 5.32 Å². The van der Waals surface area contributed by atoms with Crippen LogP contribution >= 0.6 is 0 Å². The van der Waals surface area contributed by atoms with Gasteiger partial charge in [-0.2, -0.15) is 13.2 Å². The number of rotatable bonds is 3. The molecule has 1 N–H and O–H groups in total. The summed E-state index contributed by atoms with van der Waals surface area (Å²) in [5.41, 5.74) is -2.90. The Hall–Kier alpha value is -2.03. The number of alkyl halides is 3. The molecule has 1 saturated heterocycles. The summed E-state index contributed by atoms with van der Waals surface area (Å²) >= 11 is 0. The zero-order valence-electron chi connectivity index (χ0n) is 13.5. The summed E-state index contributed by atoms with van der Waals surface area (Å²) in [4.78, 5) is 24.6. The highest BCUT2D eigenvalue weighted by Crippen LogP contribution is 2.35. The van der Waals surface area contributed by atoms with Crippen LogP contribution in [0.1, 0.15) is 42.8 Å². The molecule has 0 aromatic carbocycles. The topological polar surface area (TPSA) is 77.8 Å². The lowest BCUT2D eigenvalue weighted by Crippen LogP contribution is -2.61. The van der Waals surface area contributed by atoms with E-state index in [0.717, 1.165) is 19.4 Å². The van der Waals surface area contributed by atoms with E-state index >= 15 is 0 Å². The highest BCUT2D eigenvalue weighted by atomic mass is 19.4. The number of nitrogens with one attached hydrogen (secondary N) is 1. The van der Waals surface area contributed by atoms with Gasteiger partial charge in [-0.05, 0) is 19.9 Å². The van der Waals surface area contributed by atoms with Crippen LogP contribution in [-0.4, -0.2) is 36.7 Å². The molecule has 1 amide bonds. The Balaban J connectivity index is 2.33. The lowest BCUT2D eigenvalue weighted by atomic mass is 9.81. The second kappa shape index (κ2) is 6.12. The summed E-state index contributed by atoms with van der Waals surface area (Å²) in [6.45, 7) is 3.59. The zero-order chi connectivity index (χ0) is 18.2. The minimum Gasteiger partial charge on any atom is -0.467 e. The van der Waals surface area contributed by atoms with Gasteiger partial charge in [0.2, 0.25) is 5.76 Å². The molecule has 6 nitrogen and oxygen atoms in total. The molecule has 1 atom stereocenters. The van der Waals surface area contributed by atoms with Crippen molar-refractivity contribution in [3.05, 3.63) is 23.7 Å². The van der Waals surface area contributed by atoms with Crippen molar-refractivity contribution in [2.75, 3.05) is 13.7 Å². The van der Waals surface area contributed by atoms with Crippen LogP contribution in [0.2, 0.25) is 0 Å². The quantitative estimate of drug-likeness (QED) is 0.849. The smallest absolute Gasteiger partial charge is 0.450 e. The summed E-state index contributed by atoms with van der Waals surface area (Å²) < 4.78 is 53.3. The molecule has 9 heteroatoms. The van der Waals surface area contributed by atoms with Gasteiger partial charge in [-0.1, -0.05) is 0 Å². The maximum atomic E-state index is 12.9. The number of furan rings is 1. The van der Waals surface area contributed by atoms with Crippen LogP contribution in [0.4, 0.5) is 13.2 Å². The third kappa shape index (κ3) is 3.55. The van der Waals surface area contributed by atoms with Crippen molar-refractivity contribution in [3.63, 3.8) is 0 Å². The molecule has 1 aromatic rings. The maximum absolute atomic E-state index is 12.9. The Bertz CT molecular complexity index is 637. The molecule has 134 valence electrons. The first-order valence-electron chi connectivity index (χ1n) is 7.20. The molecule has 0 spiro atoms. The Labute approximate surface area is 136 Å². The van der Waals surface area contributed by atoms with Crippen LogP contribution in [0.3, 0.4) is 0 Å². The molecule has 1 unspecified atom stereocenters. The van der Waals surface area contributed by atoms with Gasteiger partial charge in [0.05, 0.1) is 31.1 Å². The van der Waals surface area contributed by atoms with Gasteiger partial charge in [-0.15, -0.1) is 0 Å². The van der Waals surface area contributed by atoms with Gasteiger partial charge in [-0.3, -0.25) is 4.79 Å². The van der Waals surface area contributed by atoms with Gasteiger partial charge in [0.25, 0.3) is 5.91 Å². The van der Waals surface area contributed by atoms with Crippen molar-refractivity contribution in [1.82, 2.24) is 5.32 Å². The first kappa shape index (κ1) is 18.3. The van der Waals surface area contributed by atoms with Crippen molar-refractivity contribution in [3.8, 4) is 0 Å². The minimum atomic E-state index is -4.82. The van der Waals surface area contributed by atoms with E-state index in [1.807, 2.05) is 0 Å². The van der Waals surface area contributed by atoms with E-state index in [1.165, 1.54) is 0 Å². The predicted molar refractivity (Wildman–Crippen MR) is 75.2 cm³/mol. The summed E-state index contributed by atoms with van der Waals surface area (Å²) in [6.07, 6.45) is -3.88. The average Bonchev–Trinajstić information content (AvgIpc) is 2.94. The number of methoxy groups -OCH3 is 1. The van der Waals surface area contributed by atoms with Gasteiger partial charge in [0, 0.05) is 12.8 Å². The Morgan fingerprint density at radius 1 is 1.33 bits per heavy atom. The van der Waals surface area contributed by atoms with E-state index in [9.17, 15) is 22.8 Å². The normalized spacial score (nSPS) is 23.6. The molecule has 0 bridgehead atoms. The Kier molecular flexibility index (Phi) is 4.67. The molecule has 0 aliphatic carbocycles. The summed E-state index contributed by atoms with van der Waals surface area (Å²) in [6, 6.07) is 0.910. The number of esters is 1. The van der Waals surface area contributed by atoms with Gasteiger partial charge >= 0.3 is 12.1 Å². The summed E-state index contributed by atoms with van der Waals surface area (Å²) in [5, 5.41) is 2.40. The van der Waals surface area contributed by atoms with E-state index in [-0.39, 0.29) is 19.4 Å². The van der Waals surface area contributed by atoms with Gasteiger partial charge in [-0.25, -0.2) is 4.79 Å². The number of carbonyl (C=O) groups is 2. The lowest BCUT2D eigenvalue weighted by molar-refractivity contribution is -0.160. The second-order valence-electron chi connectivity index (χ2n) is 6.22. The predicted octanol–water partition coefficient (Wildman–Crippen LogP) is 2.53. The van der Waals surface area contributed by atoms with Crippen molar-refractivity contribution >= 4 is 11.9 Å². The third-order valence-corrected chi connectivity index (χ3v) is 3.85. The van der Waals surface area contributed by atoms with Crippen molar-refractivity contribution in [2.45, 2.75) is 44.0 Å². The minimum absolute atomic E-state index is 0.0671. The van der Waals surface area contributed by atoms with Crippen LogP contribution in [0, 0.1) is 0 Å². The van der Waals surface area contributed by atoms with Gasteiger partial charge < -0.3 is 19.2 Å². The summed E-state index contributed by atoms with van der Waals surface area (Å²) in [5.74, 6) is -3.20. The van der Waals surface area contributed by atoms with Crippen LogP contribution in [0.15, 0.2) is 16.7 Å². The monoisotopic (exact) mass is 349 g/mol. The van der Waals surface area contributed by atoms with E-state index < -0.39 is 40.5 Å². The fourth-order valence-electron chi connectivity index (χ4n) is 2.89. The zero-order valence-corrected chi connectivity index (χ0v) is 13.5. The van der Waals surface area contributed by atoms with Gasteiger partial charge in [0.1, 0.15) is 5.54 Å². The highest BCUT2D eigenvalue weighted by molar-refractivity contribution is 5.99. The number of hydrogen-bond acceptors (Lipinski definition) is 5. The van der Waals surface area contributed by atoms with Gasteiger partial charge in [0.15, 0.2) is 0 Å². The molecule has 24 heavy (non-hydrogen) atoms. The lowest BCUT2D eigenvalue weighted by Gasteiger charge is -2.43. The molecular formula is C15H18F3NO5. The van der Waals surface area contributed by atoms with Crippen LogP contribution in [0.5, 0.6) is 0 Å². The van der Waals surface area contributed by atoms with E-state index in [1.54, 1.807) is 13.8 Å². The number of carbonyl (C=O) groups excluding carboxylic acids is 2. The Morgan fingerprint density at radius 2 is 2.00 bits per heavy atom. The molecule has 0 radical (unpaired) electrons. The molecule has 0 saturated carbocycles. The number of amides is 1. The SMILES string of the molecule is COC(=O)C1(NC(=O)c2ccoc2C(F)(F)F)CCOC(C)(C)C1. The van der Waals surface area contributed by atoms with Crippen molar-refractivity contribution < 1.29 is 36.7 Å². The largest absolute Gasteiger partial charge is 0.467 e. The number of ether oxygens (including phenoxy) is 2. The molecule has 1 aliphatic heterocycles. The van der Waals surface area contributed by atoms with Crippen molar-refractivity contribution in [2.24, 2.45) is 0 Å². The fourth-order valence-corrected chi connectivity index (χ4v) is 2.89.